The highest BCUT2D eigenvalue weighted by atomic mass is 15.3. The highest BCUT2D eigenvalue weighted by molar-refractivity contribution is 5.19. The van der Waals surface area contributed by atoms with Gasteiger partial charge in [0.2, 0.25) is 0 Å². The Hall–Kier alpha value is -0.380. The molecule has 1 saturated carbocycles. The summed E-state index contributed by atoms with van der Waals surface area (Å²) in [5.41, 5.74) is 0.763. The minimum absolute atomic E-state index is 0.293. The first kappa shape index (κ1) is 20.9. The first-order chi connectivity index (χ1) is 11.6. The van der Waals surface area contributed by atoms with Crippen LogP contribution in [-0.4, -0.2) is 49.2 Å². The Kier molecular flexibility index (Phi) is 6.78. The maximum atomic E-state index is 3.85. The van der Waals surface area contributed by atoms with Crippen LogP contribution in [0.5, 0.6) is 0 Å². The van der Waals surface area contributed by atoms with E-state index in [4.69, 9.17) is 0 Å². The lowest BCUT2D eigenvalue weighted by atomic mass is 9.91. The lowest BCUT2D eigenvalue weighted by Crippen LogP contribution is -2.37. The smallest absolute Gasteiger partial charge is 0.0374 e. The zero-order valence-electron chi connectivity index (χ0n) is 18.0. The highest BCUT2D eigenvalue weighted by Gasteiger charge is 2.61. The zero-order chi connectivity index (χ0) is 18.8. The van der Waals surface area contributed by atoms with Crippen LogP contribution in [0.15, 0.2) is 12.2 Å². The van der Waals surface area contributed by atoms with Crippen LogP contribution in [0.3, 0.4) is 0 Å². The van der Waals surface area contributed by atoms with E-state index in [2.05, 4.69) is 83.2 Å². The van der Waals surface area contributed by atoms with E-state index < -0.39 is 0 Å². The van der Waals surface area contributed by atoms with Crippen molar-refractivity contribution in [3.8, 4) is 0 Å². The van der Waals surface area contributed by atoms with Gasteiger partial charge < -0.3 is 10.6 Å². The number of hydrogen-bond acceptors (Lipinski definition) is 3. The SMILES string of the molecule is CC=CC(C)C1C(CNC(C)C2CN2CCCC(C)(C)C)C1(C)NC. The van der Waals surface area contributed by atoms with Crippen LogP contribution in [0.1, 0.15) is 61.3 Å². The molecule has 0 aromatic rings. The van der Waals surface area contributed by atoms with Gasteiger partial charge in [0.15, 0.2) is 0 Å². The van der Waals surface area contributed by atoms with Gasteiger partial charge in [0.25, 0.3) is 0 Å². The Labute approximate surface area is 157 Å². The van der Waals surface area contributed by atoms with E-state index in [0.29, 0.717) is 22.9 Å². The van der Waals surface area contributed by atoms with Crippen molar-refractivity contribution in [3.63, 3.8) is 0 Å². The molecule has 7 unspecified atom stereocenters. The molecule has 1 aliphatic heterocycles. The van der Waals surface area contributed by atoms with Gasteiger partial charge in [-0.15, -0.1) is 0 Å². The Morgan fingerprint density at radius 3 is 2.52 bits per heavy atom. The second-order valence-electron chi connectivity index (χ2n) is 9.97. The number of nitrogens with one attached hydrogen (secondary N) is 2. The fourth-order valence-electron chi connectivity index (χ4n) is 4.85. The van der Waals surface area contributed by atoms with Gasteiger partial charge in [-0.05, 0) is 70.4 Å². The topological polar surface area (TPSA) is 27.1 Å². The molecule has 3 nitrogen and oxygen atoms in total. The summed E-state index contributed by atoms with van der Waals surface area (Å²) in [5.74, 6) is 2.13. The molecule has 0 aromatic carbocycles. The van der Waals surface area contributed by atoms with Gasteiger partial charge in [0, 0.05) is 30.7 Å². The Morgan fingerprint density at radius 2 is 1.96 bits per heavy atom. The lowest BCUT2D eigenvalue weighted by Gasteiger charge is -2.19. The van der Waals surface area contributed by atoms with Gasteiger partial charge >= 0.3 is 0 Å². The molecular formula is C22H43N3. The minimum Gasteiger partial charge on any atom is -0.314 e. The van der Waals surface area contributed by atoms with Crippen LogP contribution in [0.25, 0.3) is 0 Å². The van der Waals surface area contributed by atoms with E-state index in [9.17, 15) is 0 Å². The average molecular weight is 350 g/mol. The maximum absolute atomic E-state index is 3.85. The quantitative estimate of drug-likeness (QED) is 0.462. The number of rotatable bonds is 10. The molecule has 2 N–H and O–H groups in total. The van der Waals surface area contributed by atoms with Crippen LogP contribution >= 0.6 is 0 Å². The van der Waals surface area contributed by atoms with Gasteiger partial charge in [-0.25, -0.2) is 0 Å². The first-order valence-electron chi connectivity index (χ1n) is 10.4. The van der Waals surface area contributed by atoms with Crippen molar-refractivity contribution < 1.29 is 0 Å². The molecular weight excluding hydrogens is 306 g/mol. The summed E-state index contributed by atoms with van der Waals surface area (Å²) in [4.78, 5) is 2.65. The molecule has 2 rings (SSSR count). The predicted octanol–water partition coefficient (Wildman–Crippen LogP) is 3.91. The van der Waals surface area contributed by atoms with E-state index in [1.807, 2.05) is 0 Å². The normalized spacial score (nSPS) is 37.3. The summed E-state index contributed by atoms with van der Waals surface area (Å²) in [6, 6.07) is 1.36. The molecule has 146 valence electrons. The van der Waals surface area contributed by atoms with E-state index >= 15 is 0 Å². The largest absolute Gasteiger partial charge is 0.314 e. The molecule has 2 aliphatic rings. The van der Waals surface area contributed by atoms with E-state index in [-0.39, 0.29) is 0 Å². The predicted molar refractivity (Wildman–Crippen MR) is 110 cm³/mol. The van der Waals surface area contributed by atoms with Gasteiger partial charge in [0.05, 0.1) is 0 Å². The van der Waals surface area contributed by atoms with Crippen LogP contribution in [-0.2, 0) is 0 Å². The van der Waals surface area contributed by atoms with Crippen LogP contribution in [0.2, 0.25) is 0 Å². The second kappa shape index (κ2) is 8.10. The Bertz CT molecular complexity index is 453. The van der Waals surface area contributed by atoms with Crippen molar-refractivity contribution in [2.24, 2.45) is 23.2 Å². The molecule has 0 aromatic heterocycles. The van der Waals surface area contributed by atoms with E-state index in [1.54, 1.807) is 0 Å². The van der Waals surface area contributed by atoms with Gasteiger partial charge in [-0.1, -0.05) is 39.8 Å². The fourth-order valence-corrected chi connectivity index (χ4v) is 4.85. The Balaban J connectivity index is 1.71. The van der Waals surface area contributed by atoms with Crippen LogP contribution < -0.4 is 10.6 Å². The monoisotopic (exact) mass is 349 g/mol. The zero-order valence-corrected chi connectivity index (χ0v) is 18.0. The molecule has 0 bridgehead atoms. The molecule has 2 fully saturated rings. The second-order valence-corrected chi connectivity index (χ2v) is 9.97. The summed E-state index contributed by atoms with van der Waals surface area (Å²) in [7, 11) is 2.12. The highest BCUT2D eigenvalue weighted by Crippen LogP contribution is 2.54. The lowest BCUT2D eigenvalue weighted by molar-refractivity contribution is 0.334. The average Bonchev–Trinajstić information content (AvgIpc) is 3.39. The van der Waals surface area contributed by atoms with Crippen LogP contribution in [0, 0.1) is 23.2 Å². The van der Waals surface area contributed by atoms with Crippen LogP contribution in [0.4, 0.5) is 0 Å². The third-order valence-electron chi connectivity index (χ3n) is 6.75. The maximum Gasteiger partial charge on any atom is 0.0374 e. The van der Waals surface area contributed by atoms with Crippen molar-refractivity contribution >= 4 is 0 Å². The summed E-state index contributed by atoms with van der Waals surface area (Å²) >= 11 is 0. The number of hydrogen-bond donors (Lipinski definition) is 2. The van der Waals surface area contributed by atoms with Crippen molar-refractivity contribution in [3.05, 3.63) is 12.2 Å². The van der Waals surface area contributed by atoms with E-state index in [1.165, 1.54) is 25.9 Å². The Morgan fingerprint density at radius 1 is 1.28 bits per heavy atom. The molecule has 0 radical (unpaired) electrons. The number of allylic oxidation sites excluding steroid dienone is 2. The fraction of sp³-hybridized carbons (Fsp3) is 0.909. The molecule has 25 heavy (non-hydrogen) atoms. The third kappa shape index (κ3) is 5.30. The molecule has 7 atom stereocenters. The first-order valence-corrected chi connectivity index (χ1v) is 10.4. The van der Waals surface area contributed by atoms with Gasteiger partial charge in [-0.3, -0.25) is 4.90 Å². The molecule has 0 amide bonds. The summed E-state index contributed by atoms with van der Waals surface area (Å²) in [6.07, 6.45) is 7.22. The molecule has 1 aliphatic carbocycles. The summed E-state index contributed by atoms with van der Waals surface area (Å²) < 4.78 is 0. The standard InChI is InChI=1S/C22H43N3/c1-9-11-16(2)20-18(22(20,7)23-8)14-24-17(3)19-15-25(19)13-10-12-21(4,5)6/h9,11,16-20,23-24H,10,12-15H2,1-8H3. The van der Waals surface area contributed by atoms with Gasteiger partial charge in [-0.2, -0.15) is 0 Å². The third-order valence-corrected chi connectivity index (χ3v) is 6.75. The van der Waals surface area contributed by atoms with Crippen molar-refractivity contribution in [2.45, 2.75) is 78.9 Å². The van der Waals surface area contributed by atoms with Crippen molar-refractivity contribution in [1.29, 1.82) is 0 Å². The number of nitrogens with zero attached hydrogens (tertiary/aromatic N) is 1. The minimum atomic E-state index is 0.293. The molecule has 1 saturated heterocycles. The van der Waals surface area contributed by atoms with Crippen molar-refractivity contribution in [2.75, 3.05) is 26.7 Å². The van der Waals surface area contributed by atoms with Crippen molar-refractivity contribution in [1.82, 2.24) is 15.5 Å². The molecule has 3 heteroatoms. The molecule has 0 spiro atoms. The summed E-state index contributed by atoms with van der Waals surface area (Å²) in [6.45, 7) is 20.0. The molecule has 1 heterocycles. The van der Waals surface area contributed by atoms with E-state index in [0.717, 1.165) is 24.4 Å². The summed E-state index contributed by atoms with van der Waals surface area (Å²) in [5, 5.41) is 7.44. The van der Waals surface area contributed by atoms with Gasteiger partial charge in [0.1, 0.15) is 0 Å².